The molecule has 0 saturated heterocycles. The monoisotopic (exact) mass is 365 g/mol. The lowest BCUT2D eigenvalue weighted by Gasteiger charge is -2.09. The zero-order chi connectivity index (χ0) is 17.5. The highest BCUT2D eigenvalue weighted by molar-refractivity contribution is 6.42. The van der Waals surface area contributed by atoms with Gasteiger partial charge in [0.15, 0.2) is 12.4 Å². The second-order valence-electron chi connectivity index (χ2n) is 5.14. The van der Waals surface area contributed by atoms with E-state index in [4.69, 9.17) is 27.9 Å². The molecule has 2 aromatic carbocycles. The van der Waals surface area contributed by atoms with Gasteiger partial charge in [-0.1, -0.05) is 36.2 Å². The fourth-order valence-electron chi connectivity index (χ4n) is 2.01. The second-order valence-corrected chi connectivity index (χ2v) is 5.92. The topological polar surface area (TPSA) is 55.4 Å². The summed E-state index contributed by atoms with van der Waals surface area (Å²) < 4.78 is 5.42. The molecule has 1 N–H and O–H groups in total. The van der Waals surface area contributed by atoms with E-state index >= 15 is 0 Å². The van der Waals surface area contributed by atoms with Gasteiger partial charge >= 0.3 is 0 Å². The molecule has 0 aliphatic rings. The average Bonchev–Trinajstić information content (AvgIpc) is 2.57. The number of carbonyl (C=O) groups is 2. The predicted octanol–water partition coefficient (Wildman–Crippen LogP) is 4.99. The Labute approximate surface area is 150 Å². The molecule has 0 spiro atoms. The van der Waals surface area contributed by atoms with Crippen LogP contribution in [0.1, 0.15) is 30.1 Å². The molecule has 24 heavy (non-hydrogen) atoms. The summed E-state index contributed by atoms with van der Waals surface area (Å²) in [5.74, 6) is 0.119. The van der Waals surface area contributed by atoms with E-state index in [0.29, 0.717) is 28.4 Å². The number of carbonyl (C=O) groups excluding carboxylic acids is 2. The lowest BCUT2D eigenvalue weighted by Crippen LogP contribution is -2.13. The summed E-state index contributed by atoms with van der Waals surface area (Å²) in [5, 5.41) is 3.41. The van der Waals surface area contributed by atoms with Gasteiger partial charge in [0.05, 0.1) is 5.02 Å². The van der Waals surface area contributed by atoms with E-state index in [2.05, 4.69) is 5.32 Å². The largest absolute Gasteiger partial charge is 0.484 e. The highest BCUT2D eigenvalue weighted by Gasteiger charge is 2.10. The molecule has 0 saturated carbocycles. The number of rotatable bonds is 7. The molecule has 0 aliphatic carbocycles. The van der Waals surface area contributed by atoms with Crippen LogP contribution in [0.2, 0.25) is 10.0 Å². The first-order chi connectivity index (χ1) is 11.5. The Morgan fingerprint density at radius 3 is 2.46 bits per heavy atom. The maximum atomic E-state index is 12.2. The third-order valence-electron chi connectivity index (χ3n) is 3.24. The Hall–Kier alpha value is -2.04. The van der Waals surface area contributed by atoms with Crippen LogP contribution in [0.5, 0.6) is 5.75 Å². The molecule has 0 unspecified atom stereocenters. The first kappa shape index (κ1) is 18.3. The van der Waals surface area contributed by atoms with Gasteiger partial charge in [-0.05, 0) is 42.8 Å². The van der Waals surface area contributed by atoms with E-state index in [-0.39, 0.29) is 23.3 Å². The number of ketones is 1. The van der Waals surface area contributed by atoms with Crippen LogP contribution in [-0.4, -0.2) is 18.3 Å². The number of nitrogens with one attached hydrogen (secondary N) is 1. The molecule has 0 heterocycles. The molecule has 0 bridgehead atoms. The molecule has 0 atom stereocenters. The number of amides is 1. The highest BCUT2D eigenvalue weighted by Crippen LogP contribution is 2.31. The fraction of sp³-hybridized carbons (Fsp3) is 0.222. The smallest absolute Gasteiger partial charge is 0.224 e. The van der Waals surface area contributed by atoms with Crippen molar-refractivity contribution in [3.05, 3.63) is 58.1 Å². The van der Waals surface area contributed by atoms with Crippen LogP contribution in [0.3, 0.4) is 0 Å². The van der Waals surface area contributed by atoms with Crippen molar-refractivity contribution < 1.29 is 14.3 Å². The van der Waals surface area contributed by atoms with Crippen molar-refractivity contribution in [2.45, 2.75) is 19.8 Å². The summed E-state index contributed by atoms with van der Waals surface area (Å²) in [4.78, 5) is 23.7. The molecule has 0 fully saturated rings. The van der Waals surface area contributed by atoms with Gasteiger partial charge in [0.1, 0.15) is 10.8 Å². The normalized spacial score (nSPS) is 10.3. The summed E-state index contributed by atoms with van der Waals surface area (Å²) >= 11 is 11.9. The Kier molecular flexibility index (Phi) is 6.64. The van der Waals surface area contributed by atoms with Crippen LogP contribution in [0, 0.1) is 0 Å². The molecule has 2 rings (SSSR count). The number of anilines is 1. The van der Waals surface area contributed by atoms with Crippen molar-refractivity contribution in [2.75, 3.05) is 11.9 Å². The second kappa shape index (κ2) is 8.71. The van der Waals surface area contributed by atoms with Crippen LogP contribution in [0.15, 0.2) is 42.5 Å². The molecule has 0 radical (unpaired) electrons. The first-order valence-electron chi connectivity index (χ1n) is 7.51. The highest BCUT2D eigenvalue weighted by atomic mass is 35.5. The SMILES string of the molecule is CCCC(=O)Nc1ccc(C(=O)COc2cccc(Cl)c2Cl)cc1. The fourth-order valence-corrected chi connectivity index (χ4v) is 2.36. The van der Waals surface area contributed by atoms with E-state index in [1.54, 1.807) is 42.5 Å². The molecular formula is C18H17Cl2NO3. The van der Waals surface area contributed by atoms with Crippen LogP contribution in [0.25, 0.3) is 0 Å². The Morgan fingerprint density at radius 1 is 1.08 bits per heavy atom. The minimum Gasteiger partial charge on any atom is -0.484 e. The van der Waals surface area contributed by atoms with Gasteiger partial charge in [0, 0.05) is 17.7 Å². The Morgan fingerprint density at radius 2 is 1.79 bits per heavy atom. The number of hydrogen-bond donors (Lipinski definition) is 1. The third-order valence-corrected chi connectivity index (χ3v) is 4.04. The van der Waals surface area contributed by atoms with Crippen LogP contribution in [0.4, 0.5) is 5.69 Å². The molecule has 4 nitrogen and oxygen atoms in total. The van der Waals surface area contributed by atoms with E-state index in [0.717, 1.165) is 6.42 Å². The van der Waals surface area contributed by atoms with E-state index in [1.807, 2.05) is 6.92 Å². The van der Waals surface area contributed by atoms with E-state index in [1.165, 1.54) is 0 Å². The van der Waals surface area contributed by atoms with Gasteiger partial charge in [-0.3, -0.25) is 9.59 Å². The van der Waals surface area contributed by atoms with Crippen LogP contribution < -0.4 is 10.1 Å². The summed E-state index contributed by atoms with van der Waals surface area (Å²) in [6, 6.07) is 11.7. The van der Waals surface area contributed by atoms with Crippen LogP contribution in [-0.2, 0) is 4.79 Å². The minimum atomic E-state index is -0.197. The molecule has 6 heteroatoms. The molecular weight excluding hydrogens is 349 g/mol. The number of hydrogen-bond acceptors (Lipinski definition) is 3. The minimum absolute atomic E-state index is 0.0458. The van der Waals surface area contributed by atoms with Gasteiger partial charge < -0.3 is 10.1 Å². The van der Waals surface area contributed by atoms with Gasteiger partial charge in [0.25, 0.3) is 0 Å². The van der Waals surface area contributed by atoms with E-state index < -0.39 is 0 Å². The zero-order valence-corrected chi connectivity index (χ0v) is 14.7. The number of halogens is 2. The Bertz CT molecular complexity index is 730. The number of Topliss-reactive ketones (excluding diaryl/α,β-unsaturated/α-hetero) is 1. The van der Waals surface area contributed by atoms with Crippen molar-refractivity contribution in [2.24, 2.45) is 0 Å². The van der Waals surface area contributed by atoms with Gasteiger partial charge in [0.2, 0.25) is 5.91 Å². The van der Waals surface area contributed by atoms with Gasteiger partial charge in [-0.2, -0.15) is 0 Å². The zero-order valence-electron chi connectivity index (χ0n) is 13.1. The van der Waals surface area contributed by atoms with E-state index in [9.17, 15) is 9.59 Å². The van der Waals surface area contributed by atoms with Crippen molar-refractivity contribution in [1.29, 1.82) is 0 Å². The molecule has 0 aromatic heterocycles. The maximum absolute atomic E-state index is 12.2. The lowest BCUT2D eigenvalue weighted by atomic mass is 10.1. The third kappa shape index (κ3) is 4.98. The maximum Gasteiger partial charge on any atom is 0.224 e. The van der Waals surface area contributed by atoms with Gasteiger partial charge in [-0.15, -0.1) is 0 Å². The summed E-state index contributed by atoms with van der Waals surface area (Å²) in [5.41, 5.74) is 1.14. The summed E-state index contributed by atoms with van der Waals surface area (Å²) in [6.07, 6.45) is 1.25. The number of benzene rings is 2. The summed E-state index contributed by atoms with van der Waals surface area (Å²) in [7, 11) is 0. The Balaban J connectivity index is 1.95. The first-order valence-corrected chi connectivity index (χ1v) is 8.26. The standard InChI is InChI=1S/C18H17Cl2NO3/c1-2-4-17(23)21-13-9-7-12(8-10-13)15(22)11-24-16-6-3-5-14(19)18(16)20/h3,5-10H,2,4,11H2,1H3,(H,21,23). The molecule has 2 aromatic rings. The average molecular weight is 366 g/mol. The quantitative estimate of drug-likeness (QED) is 0.702. The summed E-state index contributed by atoms with van der Waals surface area (Å²) in [6.45, 7) is 1.79. The van der Waals surface area contributed by atoms with Crippen molar-refractivity contribution in [3.63, 3.8) is 0 Å². The van der Waals surface area contributed by atoms with Crippen molar-refractivity contribution >= 4 is 40.6 Å². The molecule has 1 amide bonds. The molecule has 0 aliphatic heterocycles. The lowest BCUT2D eigenvalue weighted by molar-refractivity contribution is -0.116. The number of ether oxygens (including phenoxy) is 1. The molecule has 126 valence electrons. The van der Waals surface area contributed by atoms with Crippen LogP contribution >= 0.6 is 23.2 Å². The van der Waals surface area contributed by atoms with Gasteiger partial charge in [-0.25, -0.2) is 0 Å². The van der Waals surface area contributed by atoms with Crippen molar-refractivity contribution in [1.82, 2.24) is 0 Å². The predicted molar refractivity (Wildman–Crippen MR) is 96.3 cm³/mol. The van der Waals surface area contributed by atoms with Crippen molar-refractivity contribution in [3.8, 4) is 5.75 Å².